The van der Waals surface area contributed by atoms with E-state index in [1.54, 1.807) is 6.07 Å². The maximum Gasteiger partial charge on any atom is 0.316 e. The Kier molecular flexibility index (Phi) is 6.55. The number of sulfonamides is 1. The van der Waals surface area contributed by atoms with Crippen molar-refractivity contribution in [3.05, 3.63) is 74.8 Å². The van der Waals surface area contributed by atoms with E-state index in [1.807, 2.05) is 25.2 Å². The average molecular weight is 431 g/mol. The highest BCUT2D eigenvalue weighted by atomic mass is 32.2. The highest BCUT2D eigenvalue weighted by molar-refractivity contribution is 7.89. The van der Waals surface area contributed by atoms with Gasteiger partial charge in [0, 0.05) is 27.2 Å². The summed E-state index contributed by atoms with van der Waals surface area (Å²) >= 11 is 0. The summed E-state index contributed by atoms with van der Waals surface area (Å²) in [6, 6.07) is 14.5. The van der Waals surface area contributed by atoms with E-state index in [4.69, 9.17) is 0 Å². The predicted molar refractivity (Wildman–Crippen MR) is 117 cm³/mol. The molecule has 3 rings (SSSR count). The third-order valence-electron chi connectivity index (χ3n) is 5.08. The van der Waals surface area contributed by atoms with Crippen LogP contribution in [0.4, 0.5) is 0 Å². The van der Waals surface area contributed by atoms with Crippen LogP contribution in [0.25, 0.3) is 11.0 Å². The molecule has 0 atom stereocenters. The van der Waals surface area contributed by atoms with E-state index >= 15 is 0 Å². The second-order valence-electron chi connectivity index (χ2n) is 7.35. The number of hydrogen-bond acceptors (Lipinski definition) is 5. The summed E-state index contributed by atoms with van der Waals surface area (Å²) in [5, 5.41) is 0. The molecule has 1 aromatic heterocycles. The van der Waals surface area contributed by atoms with Gasteiger partial charge in [-0.3, -0.25) is 9.59 Å². The van der Waals surface area contributed by atoms with E-state index in [0.29, 0.717) is 24.0 Å². The first-order valence-electron chi connectivity index (χ1n) is 9.62. The van der Waals surface area contributed by atoms with Crippen molar-refractivity contribution in [1.82, 2.24) is 18.8 Å². The van der Waals surface area contributed by atoms with Crippen LogP contribution in [-0.2, 0) is 30.7 Å². The first kappa shape index (κ1) is 21.9. The zero-order valence-electron chi connectivity index (χ0n) is 17.3. The van der Waals surface area contributed by atoms with Crippen LogP contribution >= 0.6 is 0 Å². The van der Waals surface area contributed by atoms with Gasteiger partial charge < -0.3 is 14.0 Å². The topological polar surface area (TPSA) is 93.4 Å². The minimum atomic E-state index is -3.73. The first-order valence-corrected chi connectivity index (χ1v) is 11.1. The number of fused-ring (bicyclic) bond motifs is 1. The van der Waals surface area contributed by atoms with Gasteiger partial charge in [0.05, 0.1) is 15.9 Å². The standard InChI is InChI=1S/C21H26N4O4S/c1-23(15-16-8-5-4-6-9-16)13-7-12-22-30(28,29)17-10-11-18-19(14-17)25(3)21(27)20(26)24(18)2/h4-6,8-11,14,22H,7,12-13,15H2,1-3H3. The van der Waals surface area contributed by atoms with Gasteiger partial charge in [0.1, 0.15) is 0 Å². The van der Waals surface area contributed by atoms with Gasteiger partial charge in [0.15, 0.2) is 0 Å². The molecule has 3 aromatic rings. The van der Waals surface area contributed by atoms with E-state index in [1.165, 1.54) is 40.9 Å². The number of aryl methyl sites for hydroxylation is 2. The van der Waals surface area contributed by atoms with Crippen LogP contribution < -0.4 is 15.8 Å². The molecule has 0 bridgehead atoms. The molecule has 0 spiro atoms. The third kappa shape index (κ3) is 4.69. The minimum absolute atomic E-state index is 0.0567. The lowest BCUT2D eigenvalue weighted by atomic mass is 10.2. The number of benzene rings is 2. The van der Waals surface area contributed by atoms with Crippen LogP contribution in [0.2, 0.25) is 0 Å². The highest BCUT2D eigenvalue weighted by Gasteiger charge is 2.16. The van der Waals surface area contributed by atoms with Gasteiger partial charge in [-0.15, -0.1) is 0 Å². The summed E-state index contributed by atoms with van der Waals surface area (Å²) < 4.78 is 30.4. The fraction of sp³-hybridized carbons (Fsp3) is 0.333. The van der Waals surface area contributed by atoms with Crippen LogP contribution in [0.5, 0.6) is 0 Å². The Hall–Kier alpha value is -2.75. The average Bonchev–Trinajstić information content (AvgIpc) is 2.74. The highest BCUT2D eigenvalue weighted by Crippen LogP contribution is 2.16. The SMILES string of the molecule is CN(CCCNS(=O)(=O)c1ccc2c(c1)n(C)c(=O)c(=O)n2C)Cc1ccccc1. The Morgan fingerprint density at radius 3 is 2.23 bits per heavy atom. The van der Waals surface area contributed by atoms with Gasteiger partial charge in [0.2, 0.25) is 10.0 Å². The Morgan fingerprint density at radius 2 is 1.57 bits per heavy atom. The second kappa shape index (κ2) is 8.95. The van der Waals surface area contributed by atoms with E-state index in [2.05, 4.69) is 21.8 Å². The van der Waals surface area contributed by atoms with Gasteiger partial charge in [-0.1, -0.05) is 30.3 Å². The van der Waals surface area contributed by atoms with Crippen molar-refractivity contribution in [1.29, 1.82) is 0 Å². The molecule has 8 nitrogen and oxygen atoms in total. The van der Waals surface area contributed by atoms with E-state index < -0.39 is 21.1 Å². The lowest BCUT2D eigenvalue weighted by molar-refractivity contribution is 0.322. The van der Waals surface area contributed by atoms with Crippen LogP contribution in [-0.4, -0.2) is 42.6 Å². The normalized spacial score (nSPS) is 12.0. The number of aromatic nitrogens is 2. The van der Waals surface area contributed by atoms with Crippen LogP contribution in [0, 0.1) is 0 Å². The molecule has 2 aromatic carbocycles. The predicted octanol–water partition coefficient (Wildman–Crippen LogP) is 1.04. The number of hydrogen-bond donors (Lipinski definition) is 1. The second-order valence-corrected chi connectivity index (χ2v) is 9.12. The third-order valence-corrected chi connectivity index (χ3v) is 6.53. The van der Waals surface area contributed by atoms with Gasteiger partial charge >= 0.3 is 11.1 Å². The van der Waals surface area contributed by atoms with Crippen molar-refractivity contribution in [2.24, 2.45) is 14.1 Å². The molecule has 30 heavy (non-hydrogen) atoms. The van der Waals surface area contributed by atoms with E-state index in [0.717, 1.165) is 13.1 Å². The smallest absolute Gasteiger partial charge is 0.305 e. The van der Waals surface area contributed by atoms with Crippen molar-refractivity contribution in [3.63, 3.8) is 0 Å². The monoisotopic (exact) mass is 430 g/mol. The number of rotatable bonds is 8. The number of nitrogens with zero attached hydrogens (tertiary/aromatic N) is 3. The molecule has 0 fully saturated rings. The molecule has 1 heterocycles. The van der Waals surface area contributed by atoms with Gasteiger partial charge in [-0.05, 0) is 43.8 Å². The Morgan fingerprint density at radius 1 is 0.933 bits per heavy atom. The molecule has 0 radical (unpaired) electrons. The zero-order valence-corrected chi connectivity index (χ0v) is 18.1. The summed E-state index contributed by atoms with van der Waals surface area (Å²) in [5.74, 6) is 0. The minimum Gasteiger partial charge on any atom is -0.305 e. The van der Waals surface area contributed by atoms with Gasteiger partial charge in [-0.25, -0.2) is 13.1 Å². The maximum atomic E-state index is 12.7. The fourth-order valence-corrected chi connectivity index (χ4v) is 4.44. The molecule has 0 aliphatic heterocycles. The molecular formula is C21H26N4O4S. The molecule has 0 amide bonds. The largest absolute Gasteiger partial charge is 0.316 e. The van der Waals surface area contributed by atoms with Crippen LogP contribution in [0.15, 0.2) is 63.0 Å². The molecular weight excluding hydrogens is 404 g/mol. The van der Waals surface area contributed by atoms with Crippen molar-refractivity contribution in [3.8, 4) is 0 Å². The molecule has 1 N–H and O–H groups in total. The summed E-state index contributed by atoms with van der Waals surface area (Å²) in [4.78, 5) is 26.1. The van der Waals surface area contributed by atoms with Crippen LogP contribution in [0.1, 0.15) is 12.0 Å². The Balaban J connectivity index is 1.66. The molecule has 0 unspecified atom stereocenters. The van der Waals surface area contributed by atoms with Crippen molar-refractivity contribution < 1.29 is 8.42 Å². The number of nitrogens with one attached hydrogen (secondary N) is 1. The zero-order chi connectivity index (χ0) is 21.9. The Labute approximate surface area is 175 Å². The molecule has 0 aliphatic carbocycles. The molecule has 160 valence electrons. The first-order chi connectivity index (χ1) is 14.2. The van der Waals surface area contributed by atoms with E-state index in [-0.39, 0.29) is 4.90 Å². The Bertz CT molecular complexity index is 1260. The van der Waals surface area contributed by atoms with Gasteiger partial charge in [0.25, 0.3) is 0 Å². The fourth-order valence-electron chi connectivity index (χ4n) is 3.34. The lowest BCUT2D eigenvalue weighted by Crippen LogP contribution is -2.39. The summed E-state index contributed by atoms with van der Waals surface area (Å²) in [6.07, 6.45) is 0.656. The van der Waals surface area contributed by atoms with Crippen molar-refractivity contribution >= 4 is 21.1 Å². The maximum absolute atomic E-state index is 12.7. The van der Waals surface area contributed by atoms with E-state index in [9.17, 15) is 18.0 Å². The lowest BCUT2D eigenvalue weighted by Gasteiger charge is -2.17. The van der Waals surface area contributed by atoms with Gasteiger partial charge in [-0.2, -0.15) is 0 Å². The van der Waals surface area contributed by atoms with Crippen molar-refractivity contribution in [2.45, 2.75) is 17.9 Å². The molecule has 0 aliphatic rings. The quantitative estimate of drug-likeness (QED) is 0.426. The van der Waals surface area contributed by atoms with Crippen molar-refractivity contribution in [2.75, 3.05) is 20.1 Å². The van der Waals surface area contributed by atoms with Crippen LogP contribution in [0.3, 0.4) is 0 Å². The summed E-state index contributed by atoms with van der Waals surface area (Å²) in [6.45, 7) is 1.84. The summed E-state index contributed by atoms with van der Waals surface area (Å²) in [5.41, 5.74) is 0.722. The molecule has 0 saturated heterocycles. The summed E-state index contributed by atoms with van der Waals surface area (Å²) in [7, 11) is 1.21. The molecule has 0 saturated carbocycles. The molecule has 9 heteroatoms.